The predicted molar refractivity (Wildman–Crippen MR) is 216 cm³/mol. The van der Waals surface area contributed by atoms with E-state index >= 15 is 0 Å². The van der Waals surface area contributed by atoms with E-state index in [1.54, 1.807) is 0 Å². The number of hydrogen-bond donors (Lipinski definition) is 10. The second-order valence-electron chi connectivity index (χ2n) is 21.1. The molecule has 0 aromatic rings. The van der Waals surface area contributed by atoms with Crippen LogP contribution in [0.2, 0.25) is 0 Å². The summed E-state index contributed by atoms with van der Waals surface area (Å²) in [4.78, 5) is 0. The molecule has 0 amide bonds. The van der Waals surface area contributed by atoms with Gasteiger partial charge in [-0.1, -0.05) is 32.9 Å². The van der Waals surface area contributed by atoms with E-state index in [4.69, 9.17) is 37.9 Å². The molecule has 63 heavy (non-hydrogen) atoms. The highest BCUT2D eigenvalue weighted by Crippen LogP contribution is 2.71. The van der Waals surface area contributed by atoms with E-state index in [9.17, 15) is 51.1 Å². The van der Waals surface area contributed by atoms with E-state index in [2.05, 4.69) is 27.4 Å². The molecule has 0 aromatic carbocycles. The zero-order valence-corrected chi connectivity index (χ0v) is 36.6. The van der Waals surface area contributed by atoms with Crippen molar-refractivity contribution in [2.45, 2.75) is 195 Å². The average Bonchev–Trinajstić information content (AvgIpc) is 3.72. The first-order chi connectivity index (χ1) is 30.0. The maximum Gasteiger partial charge on any atom is 0.187 e. The molecule has 18 nitrogen and oxygen atoms in total. The number of aliphatic hydroxyl groups excluding tert-OH is 10. The van der Waals surface area contributed by atoms with Crippen molar-refractivity contribution >= 4 is 0 Å². The molecule has 5 aliphatic heterocycles. The van der Waals surface area contributed by atoms with Gasteiger partial charge in [0.05, 0.1) is 38.6 Å². The zero-order chi connectivity index (χ0) is 44.9. The van der Waals surface area contributed by atoms with Crippen molar-refractivity contribution in [2.75, 3.05) is 26.4 Å². The molecule has 0 aromatic heterocycles. The molecule has 0 bridgehead atoms. The van der Waals surface area contributed by atoms with Crippen molar-refractivity contribution in [1.82, 2.24) is 0 Å². The lowest BCUT2D eigenvalue weighted by Crippen LogP contribution is -2.67. The third kappa shape index (κ3) is 7.81. The highest BCUT2D eigenvalue weighted by Gasteiger charge is 2.69. The molecule has 26 atom stereocenters. The Morgan fingerprint density at radius 1 is 0.619 bits per heavy atom. The van der Waals surface area contributed by atoms with Crippen LogP contribution in [-0.4, -0.2) is 188 Å². The molecule has 10 N–H and O–H groups in total. The second kappa shape index (κ2) is 17.8. The van der Waals surface area contributed by atoms with Crippen molar-refractivity contribution in [1.29, 1.82) is 0 Å². The van der Waals surface area contributed by atoms with Crippen LogP contribution in [0.3, 0.4) is 0 Å². The van der Waals surface area contributed by atoms with Gasteiger partial charge in [0.2, 0.25) is 0 Å². The molecular formula is C45H72O18. The number of fused-ring (bicyclic) bond motifs is 7. The highest BCUT2D eigenvalue weighted by molar-refractivity contribution is 5.16. The van der Waals surface area contributed by atoms with Gasteiger partial charge in [0, 0.05) is 12.3 Å². The maximum absolute atomic E-state index is 11.6. The average molecular weight is 901 g/mol. The van der Waals surface area contributed by atoms with Gasteiger partial charge in [0.15, 0.2) is 24.7 Å². The molecule has 9 rings (SSSR count). The standard InChI is InChI=1S/C45H72O18/c1-19-7-12-45(56-18-19)20(2)30-26(63-45)14-25-23-6-5-21-13-22(8-10-43(21,3)24(23)9-11-44(25,30)4)57-42-39(62-41-37(55)35(53)32(50)28(16-47)59-41)38(33(51)29(17-48)60-42)61-40-36(54)34(52)31(49)27(15-46)58-40/h20-42,46-55H,1,5-18H2,2-4H3/t20-,21?,22?,23+,24-,25-,26-,27+,28+,29+,30-,31+,32+,33+,34-,35-,36+,37+,38-,39+,40-,41-,42+,43-,44-,45+/m0/s1. The van der Waals surface area contributed by atoms with E-state index in [0.717, 1.165) is 56.9 Å². The van der Waals surface area contributed by atoms with E-state index in [-0.39, 0.29) is 23.0 Å². The number of ether oxygens (including phenoxy) is 8. The van der Waals surface area contributed by atoms with Gasteiger partial charge in [-0.2, -0.15) is 0 Å². The Hall–Kier alpha value is -0.980. The third-order valence-corrected chi connectivity index (χ3v) is 18.0. The molecular weight excluding hydrogens is 828 g/mol. The minimum atomic E-state index is -1.87. The van der Waals surface area contributed by atoms with E-state index < -0.39 is 118 Å². The van der Waals surface area contributed by atoms with E-state index in [1.807, 2.05) is 0 Å². The summed E-state index contributed by atoms with van der Waals surface area (Å²) in [6.45, 7) is 9.85. The van der Waals surface area contributed by atoms with Gasteiger partial charge in [-0.05, 0) is 98.2 Å². The summed E-state index contributed by atoms with van der Waals surface area (Å²) in [5.41, 5.74) is 1.36. The maximum atomic E-state index is 11.6. The summed E-state index contributed by atoms with van der Waals surface area (Å²) < 4.78 is 50.0. The molecule has 2 unspecified atom stereocenters. The van der Waals surface area contributed by atoms with Gasteiger partial charge in [-0.25, -0.2) is 0 Å². The number of rotatable bonds is 9. The topological polar surface area (TPSA) is 276 Å². The predicted octanol–water partition coefficient (Wildman–Crippen LogP) is -0.813. The Labute approximate surface area is 368 Å². The van der Waals surface area contributed by atoms with Gasteiger partial charge in [-0.3, -0.25) is 0 Å². The molecule has 360 valence electrons. The quantitative estimate of drug-likeness (QED) is 0.100. The van der Waals surface area contributed by atoms with Crippen molar-refractivity contribution < 1.29 is 89.0 Å². The minimum absolute atomic E-state index is 0.0561. The number of hydrogen-bond acceptors (Lipinski definition) is 18. The fourth-order valence-corrected chi connectivity index (χ4v) is 14.5. The fraction of sp³-hybridized carbons (Fsp3) is 0.956. The van der Waals surface area contributed by atoms with Gasteiger partial charge in [-0.15, -0.1) is 0 Å². The molecule has 4 saturated carbocycles. The summed E-state index contributed by atoms with van der Waals surface area (Å²) >= 11 is 0. The lowest BCUT2D eigenvalue weighted by molar-refractivity contribution is -0.396. The normalized spacial score (nSPS) is 57.0. The van der Waals surface area contributed by atoms with Crippen LogP contribution in [0.1, 0.15) is 85.0 Å². The van der Waals surface area contributed by atoms with Gasteiger partial charge in [0.1, 0.15) is 73.2 Å². The minimum Gasteiger partial charge on any atom is -0.394 e. The molecule has 1 spiro atoms. The summed E-state index contributed by atoms with van der Waals surface area (Å²) in [6.07, 6.45) is -15.2. The molecule has 9 aliphatic rings. The largest absolute Gasteiger partial charge is 0.394 e. The van der Waals surface area contributed by atoms with Crippen molar-refractivity contribution in [3.63, 3.8) is 0 Å². The smallest absolute Gasteiger partial charge is 0.187 e. The summed E-state index contributed by atoms with van der Waals surface area (Å²) in [5, 5.41) is 106. The second-order valence-corrected chi connectivity index (χ2v) is 21.1. The van der Waals surface area contributed by atoms with Crippen LogP contribution in [0.25, 0.3) is 0 Å². The lowest BCUT2D eigenvalue weighted by atomic mass is 9.44. The van der Waals surface area contributed by atoms with Crippen LogP contribution >= 0.6 is 0 Å². The lowest BCUT2D eigenvalue weighted by Gasteiger charge is -2.61. The van der Waals surface area contributed by atoms with Crippen LogP contribution in [0, 0.1) is 46.3 Å². The Morgan fingerprint density at radius 2 is 1.21 bits per heavy atom. The van der Waals surface area contributed by atoms with Gasteiger partial charge < -0.3 is 89.0 Å². The SMILES string of the molecule is C=C1CC[C@@]2(OC1)O[C@H]1C[C@H]3[C@@H]4CCC5CC(O[C@@H]6O[C@H](CO)[C@@H](O)[C@H](O[C@@H]7O[C@H](CO)[C@@H](O)[C@H](O)[C@H]7O)[C@H]6O[C@@H]6O[C@H](CO)[C@@H](O)[C@H](O)[C@H]6O)CC[C@]5(C)[C@H]4CC[C@]3(C)[C@H]1[C@@H]2C. The zero-order valence-electron chi connectivity index (χ0n) is 36.6. The van der Waals surface area contributed by atoms with Crippen LogP contribution in [0.15, 0.2) is 12.2 Å². The molecule has 5 saturated heterocycles. The van der Waals surface area contributed by atoms with Gasteiger partial charge in [0.25, 0.3) is 0 Å². The van der Waals surface area contributed by atoms with Crippen LogP contribution < -0.4 is 0 Å². The first kappa shape index (κ1) is 47.1. The third-order valence-electron chi connectivity index (χ3n) is 18.0. The molecule has 9 fully saturated rings. The Balaban J connectivity index is 0.926. The molecule has 18 heteroatoms. The van der Waals surface area contributed by atoms with Crippen LogP contribution in [-0.2, 0) is 37.9 Å². The highest BCUT2D eigenvalue weighted by atomic mass is 16.8. The summed E-state index contributed by atoms with van der Waals surface area (Å²) in [5.74, 6) is 2.25. The van der Waals surface area contributed by atoms with Crippen LogP contribution in [0.5, 0.6) is 0 Å². The fourth-order valence-electron chi connectivity index (χ4n) is 14.5. The van der Waals surface area contributed by atoms with Crippen molar-refractivity contribution in [2.24, 2.45) is 46.3 Å². The summed E-state index contributed by atoms with van der Waals surface area (Å²) in [6, 6.07) is 0. The summed E-state index contributed by atoms with van der Waals surface area (Å²) in [7, 11) is 0. The van der Waals surface area contributed by atoms with Crippen molar-refractivity contribution in [3.05, 3.63) is 12.2 Å². The Morgan fingerprint density at radius 3 is 1.81 bits per heavy atom. The first-order valence-corrected chi connectivity index (χ1v) is 23.5. The molecule has 4 aliphatic carbocycles. The van der Waals surface area contributed by atoms with E-state index in [1.165, 1.54) is 0 Å². The number of aliphatic hydroxyl groups is 10. The monoisotopic (exact) mass is 900 g/mol. The molecule has 5 heterocycles. The Bertz CT molecular complexity index is 1610. The first-order valence-electron chi connectivity index (χ1n) is 23.5. The molecule has 0 radical (unpaired) electrons. The Kier molecular flexibility index (Phi) is 13.3. The van der Waals surface area contributed by atoms with Crippen LogP contribution in [0.4, 0.5) is 0 Å². The van der Waals surface area contributed by atoms with Crippen molar-refractivity contribution in [3.8, 4) is 0 Å². The van der Waals surface area contributed by atoms with Gasteiger partial charge >= 0.3 is 0 Å². The van der Waals surface area contributed by atoms with E-state index in [0.29, 0.717) is 55.0 Å².